The summed E-state index contributed by atoms with van der Waals surface area (Å²) in [5.74, 6) is 0.0615. The van der Waals surface area contributed by atoms with Gasteiger partial charge in [0.25, 0.3) is 0 Å². The molecule has 0 bridgehead atoms. The summed E-state index contributed by atoms with van der Waals surface area (Å²) in [7, 11) is 0. The minimum atomic E-state index is -0.292. The molecule has 0 saturated carbocycles. The van der Waals surface area contributed by atoms with Crippen molar-refractivity contribution in [1.29, 1.82) is 0 Å². The van der Waals surface area contributed by atoms with Crippen molar-refractivity contribution in [3.8, 4) is 0 Å². The first-order chi connectivity index (χ1) is 12.3. The molecule has 25 heavy (non-hydrogen) atoms. The van der Waals surface area contributed by atoms with Crippen LogP contribution in [0.3, 0.4) is 0 Å². The number of carbonyl (C=O) groups excluding carboxylic acids is 1. The molecule has 3 saturated heterocycles. The molecule has 0 radical (unpaired) electrons. The molecular formula is C19H28N4O2. The number of nitrogens with zero attached hydrogens (tertiary/aromatic N) is 3. The Balaban J connectivity index is 1.25. The Morgan fingerprint density at radius 1 is 1.28 bits per heavy atom. The van der Waals surface area contributed by atoms with E-state index in [2.05, 4.69) is 26.2 Å². The molecule has 1 aromatic rings. The Bertz CT molecular complexity index is 576. The first kappa shape index (κ1) is 16.9. The van der Waals surface area contributed by atoms with Gasteiger partial charge in [0.05, 0.1) is 11.8 Å². The van der Waals surface area contributed by atoms with E-state index >= 15 is 0 Å². The summed E-state index contributed by atoms with van der Waals surface area (Å²) >= 11 is 0. The molecule has 4 rings (SSSR count). The maximum Gasteiger partial charge on any atom is 0.249 e. The van der Waals surface area contributed by atoms with E-state index in [0.29, 0.717) is 6.04 Å². The standard InChI is InChI=1S/C19H28N4O2/c24-19(21-8-12-22-9-3-4-10-22)18-13-16-17(25-18)6-11-23(16)14-15-5-1-2-7-20-15/h1-2,5,7,16-18H,3-4,6,8-14H2,(H,21,24)/t16-,17-,18+/m0/s1. The van der Waals surface area contributed by atoms with E-state index in [-0.39, 0.29) is 18.1 Å². The Hall–Kier alpha value is -1.50. The second-order valence-corrected chi connectivity index (χ2v) is 7.39. The number of fused-ring (bicyclic) bond motifs is 1. The van der Waals surface area contributed by atoms with Crippen molar-refractivity contribution in [3.05, 3.63) is 30.1 Å². The average Bonchev–Trinajstić information content (AvgIpc) is 3.34. The third kappa shape index (κ3) is 4.02. The minimum Gasteiger partial charge on any atom is -0.363 e. The van der Waals surface area contributed by atoms with Crippen molar-refractivity contribution in [2.24, 2.45) is 0 Å². The first-order valence-electron chi connectivity index (χ1n) is 9.59. The highest BCUT2D eigenvalue weighted by Crippen LogP contribution is 2.33. The molecule has 6 heteroatoms. The molecule has 0 unspecified atom stereocenters. The van der Waals surface area contributed by atoms with Gasteiger partial charge in [-0.05, 0) is 44.5 Å². The van der Waals surface area contributed by atoms with Crippen molar-refractivity contribution >= 4 is 5.91 Å². The quantitative estimate of drug-likeness (QED) is 0.835. The summed E-state index contributed by atoms with van der Waals surface area (Å²) in [6.07, 6.45) is 6.12. The number of nitrogens with one attached hydrogen (secondary N) is 1. The maximum atomic E-state index is 12.4. The van der Waals surface area contributed by atoms with Crippen LogP contribution in [0.2, 0.25) is 0 Å². The van der Waals surface area contributed by atoms with Gasteiger partial charge in [-0.1, -0.05) is 6.07 Å². The van der Waals surface area contributed by atoms with Crippen LogP contribution in [0.4, 0.5) is 0 Å². The van der Waals surface area contributed by atoms with Gasteiger partial charge in [0.15, 0.2) is 0 Å². The fraction of sp³-hybridized carbons (Fsp3) is 0.684. The number of hydrogen-bond acceptors (Lipinski definition) is 5. The molecule has 0 aliphatic carbocycles. The Morgan fingerprint density at radius 3 is 2.96 bits per heavy atom. The Labute approximate surface area is 149 Å². The second-order valence-electron chi connectivity index (χ2n) is 7.39. The number of amides is 1. The molecule has 3 fully saturated rings. The van der Waals surface area contributed by atoms with Gasteiger partial charge in [-0.3, -0.25) is 14.7 Å². The van der Waals surface area contributed by atoms with Crippen molar-refractivity contribution < 1.29 is 9.53 Å². The van der Waals surface area contributed by atoms with Crippen LogP contribution < -0.4 is 5.32 Å². The highest BCUT2D eigenvalue weighted by molar-refractivity contribution is 5.81. The van der Waals surface area contributed by atoms with Crippen LogP contribution in [0.1, 0.15) is 31.4 Å². The zero-order valence-electron chi connectivity index (χ0n) is 14.8. The van der Waals surface area contributed by atoms with Gasteiger partial charge < -0.3 is 15.0 Å². The van der Waals surface area contributed by atoms with Gasteiger partial charge in [0, 0.05) is 44.8 Å². The van der Waals surface area contributed by atoms with Crippen LogP contribution in [0, 0.1) is 0 Å². The van der Waals surface area contributed by atoms with E-state index in [1.54, 1.807) is 0 Å². The number of aromatic nitrogens is 1. The van der Waals surface area contributed by atoms with Crippen LogP contribution in [-0.2, 0) is 16.1 Å². The topological polar surface area (TPSA) is 57.7 Å². The van der Waals surface area contributed by atoms with Crippen molar-refractivity contribution in [2.45, 2.75) is 50.5 Å². The molecule has 0 aromatic carbocycles. The predicted molar refractivity (Wildman–Crippen MR) is 95.0 cm³/mol. The van der Waals surface area contributed by atoms with E-state index in [0.717, 1.165) is 44.7 Å². The highest BCUT2D eigenvalue weighted by Gasteiger charge is 2.45. The third-order valence-corrected chi connectivity index (χ3v) is 5.70. The van der Waals surface area contributed by atoms with E-state index < -0.39 is 0 Å². The van der Waals surface area contributed by atoms with Crippen LogP contribution in [0.15, 0.2) is 24.4 Å². The SMILES string of the molecule is O=C(NCCN1CCCC1)[C@H]1C[C@H]2[C@H](CCN2Cc2ccccn2)O1. The molecule has 1 aromatic heterocycles. The van der Waals surface area contributed by atoms with Crippen LogP contribution >= 0.6 is 0 Å². The molecule has 136 valence electrons. The van der Waals surface area contributed by atoms with E-state index in [4.69, 9.17) is 4.74 Å². The third-order valence-electron chi connectivity index (χ3n) is 5.70. The fourth-order valence-corrected chi connectivity index (χ4v) is 4.35. The van der Waals surface area contributed by atoms with E-state index in [9.17, 15) is 4.79 Å². The van der Waals surface area contributed by atoms with Crippen molar-refractivity contribution in [3.63, 3.8) is 0 Å². The predicted octanol–water partition coefficient (Wildman–Crippen LogP) is 1.03. The Morgan fingerprint density at radius 2 is 2.16 bits per heavy atom. The van der Waals surface area contributed by atoms with Gasteiger partial charge in [-0.25, -0.2) is 0 Å². The molecule has 0 spiro atoms. The summed E-state index contributed by atoms with van der Waals surface area (Å²) in [5, 5.41) is 3.07. The molecule has 3 atom stereocenters. The first-order valence-corrected chi connectivity index (χ1v) is 9.59. The second kappa shape index (κ2) is 7.81. The lowest BCUT2D eigenvalue weighted by Gasteiger charge is -2.22. The number of pyridine rings is 1. The number of ether oxygens (including phenoxy) is 1. The van der Waals surface area contributed by atoms with Crippen LogP contribution in [0.25, 0.3) is 0 Å². The molecule has 1 amide bonds. The van der Waals surface area contributed by atoms with E-state index in [1.165, 1.54) is 25.9 Å². The molecular weight excluding hydrogens is 316 g/mol. The fourth-order valence-electron chi connectivity index (χ4n) is 4.35. The van der Waals surface area contributed by atoms with Gasteiger partial charge in [-0.15, -0.1) is 0 Å². The van der Waals surface area contributed by atoms with Crippen LogP contribution in [0.5, 0.6) is 0 Å². The molecule has 6 nitrogen and oxygen atoms in total. The smallest absolute Gasteiger partial charge is 0.249 e. The summed E-state index contributed by atoms with van der Waals surface area (Å²) in [6, 6.07) is 6.37. The maximum absolute atomic E-state index is 12.4. The van der Waals surface area contributed by atoms with Crippen molar-refractivity contribution in [1.82, 2.24) is 20.1 Å². The lowest BCUT2D eigenvalue weighted by atomic mass is 10.1. The number of likely N-dealkylation sites (tertiary alicyclic amines) is 2. The van der Waals surface area contributed by atoms with Gasteiger partial charge in [0.2, 0.25) is 5.91 Å². The van der Waals surface area contributed by atoms with Crippen LogP contribution in [-0.4, -0.2) is 71.7 Å². The van der Waals surface area contributed by atoms with Gasteiger partial charge in [-0.2, -0.15) is 0 Å². The molecule has 3 aliphatic rings. The van der Waals surface area contributed by atoms with Gasteiger partial charge in [0.1, 0.15) is 6.10 Å². The summed E-state index contributed by atoms with van der Waals surface area (Å²) in [4.78, 5) is 21.7. The van der Waals surface area contributed by atoms with E-state index in [1.807, 2.05) is 18.3 Å². The number of hydrogen-bond donors (Lipinski definition) is 1. The molecule has 3 aliphatic heterocycles. The lowest BCUT2D eigenvalue weighted by molar-refractivity contribution is -0.132. The minimum absolute atomic E-state index is 0.0615. The zero-order chi connectivity index (χ0) is 17.1. The number of carbonyl (C=O) groups is 1. The summed E-state index contributed by atoms with van der Waals surface area (Å²) < 4.78 is 6.05. The number of rotatable bonds is 6. The summed E-state index contributed by atoms with van der Waals surface area (Å²) in [6.45, 7) is 5.89. The van der Waals surface area contributed by atoms with Gasteiger partial charge >= 0.3 is 0 Å². The molecule has 4 heterocycles. The Kier molecular flexibility index (Phi) is 5.29. The zero-order valence-corrected chi connectivity index (χ0v) is 14.8. The monoisotopic (exact) mass is 344 g/mol. The highest BCUT2D eigenvalue weighted by atomic mass is 16.5. The largest absolute Gasteiger partial charge is 0.363 e. The summed E-state index contributed by atoms with van der Waals surface area (Å²) in [5.41, 5.74) is 1.08. The molecule has 1 N–H and O–H groups in total. The average molecular weight is 344 g/mol. The normalized spacial score (nSPS) is 29.8. The van der Waals surface area contributed by atoms with Crippen molar-refractivity contribution in [2.75, 3.05) is 32.7 Å². The lowest BCUT2D eigenvalue weighted by Crippen LogP contribution is -2.40.